The van der Waals surface area contributed by atoms with Crippen LogP contribution in [0.1, 0.15) is 10.4 Å². The first-order valence-electron chi connectivity index (χ1n) is 4.55. The molecule has 1 aromatic rings. The first-order chi connectivity index (χ1) is 8.26. The number of carbonyl (C=O) groups is 1. The van der Waals surface area contributed by atoms with E-state index < -0.39 is 41.6 Å². The molecule has 0 amide bonds. The van der Waals surface area contributed by atoms with Crippen molar-refractivity contribution in [3.8, 4) is 11.5 Å². The van der Waals surface area contributed by atoms with Crippen LogP contribution in [-0.2, 0) is 0 Å². The molecule has 1 aromatic carbocycles. The second-order valence-electron chi connectivity index (χ2n) is 3.17. The van der Waals surface area contributed by atoms with Crippen molar-refractivity contribution < 1.29 is 36.9 Å². The second-order valence-corrected chi connectivity index (χ2v) is 3.17. The zero-order chi connectivity index (χ0) is 13.9. The molecule has 0 saturated heterocycles. The molecule has 8 heteroatoms. The maximum absolute atomic E-state index is 13.6. The van der Waals surface area contributed by atoms with Gasteiger partial charge in [-0.3, -0.25) is 0 Å². The quantitative estimate of drug-likeness (QED) is 0.852. The van der Waals surface area contributed by atoms with E-state index in [9.17, 15) is 22.4 Å². The summed E-state index contributed by atoms with van der Waals surface area (Å²) >= 11 is 0. The van der Waals surface area contributed by atoms with Gasteiger partial charge in [-0.2, -0.15) is 17.6 Å². The van der Waals surface area contributed by atoms with Crippen LogP contribution in [0.25, 0.3) is 0 Å². The number of carboxylic acid groups (broad SMARTS) is 1. The van der Waals surface area contributed by atoms with E-state index in [1.54, 1.807) is 0 Å². The summed E-state index contributed by atoms with van der Waals surface area (Å²) in [6.45, 7) is -1.68. The number of aromatic carboxylic acids is 1. The summed E-state index contributed by atoms with van der Waals surface area (Å²) in [6.07, 6.45) is -4.62. The minimum atomic E-state index is -4.62. The Morgan fingerprint density at radius 2 is 2.00 bits per heavy atom. The molecule has 18 heavy (non-hydrogen) atoms. The summed E-state index contributed by atoms with van der Waals surface area (Å²) in [6, 6.07) is 1.70. The number of carboxylic acids is 1. The van der Waals surface area contributed by atoms with Gasteiger partial charge in [-0.15, -0.1) is 0 Å². The summed E-state index contributed by atoms with van der Waals surface area (Å²) in [4.78, 5) is 10.7. The Labute approximate surface area is 98.7 Å². The lowest BCUT2D eigenvalue weighted by molar-refractivity contribution is -0.153. The number of ether oxygens (including phenoxy) is 2. The monoisotopic (exact) mass is 268 g/mol. The predicted molar refractivity (Wildman–Crippen MR) is 51.5 cm³/mol. The lowest BCUT2D eigenvalue weighted by Crippen LogP contribution is -2.20. The van der Waals surface area contributed by atoms with Crippen molar-refractivity contribution in [2.75, 3.05) is 13.7 Å². The van der Waals surface area contributed by atoms with Crippen molar-refractivity contribution in [3.63, 3.8) is 0 Å². The number of hydrogen-bond acceptors (Lipinski definition) is 3. The summed E-state index contributed by atoms with van der Waals surface area (Å²) < 4.78 is 58.0. The highest BCUT2D eigenvalue weighted by Crippen LogP contribution is 2.31. The molecule has 0 unspecified atom stereocenters. The van der Waals surface area contributed by atoms with Crippen LogP contribution in [0.5, 0.6) is 11.5 Å². The van der Waals surface area contributed by atoms with Gasteiger partial charge in [0.25, 0.3) is 0 Å². The van der Waals surface area contributed by atoms with Crippen LogP contribution < -0.4 is 9.47 Å². The third kappa shape index (κ3) is 3.25. The molecule has 0 fully saturated rings. The number of benzene rings is 1. The van der Waals surface area contributed by atoms with Gasteiger partial charge in [-0.05, 0) is 12.1 Å². The molecule has 0 saturated carbocycles. The minimum absolute atomic E-state index is 0.505. The van der Waals surface area contributed by atoms with Crippen molar-refractivity contribution in [2.24, 2.45) is 0 Å². The molecule has 0 aliphatic rings. The lowest BCUT2D eigenvalue weighted by Gasteiger charge is -2.12. The highest BCUT2D eigenvalue weighted by atomic mass is 19.4. The molecular formula is C10H8F4O4. The topological polar surface area (TPSA) is 55.8 Å². The van der Waals surface area contributed by atoms with Gasteiger partial charge >= 0.3 is 12.1 Å². The number of halogens is 4. The molecule has 0 aromatic heterocycles. The number of rotatable bonds is 4. The third-order valence-electron chi connectivity index (χ3n) is 1.89. The molecule has 0 spiro atoms. The zero-order valence-corrected chi connectivity index (χ0v) is 9.05. The average Bonchev–Trinajstić information content (AvgIpc) is 2.25. The highest BCUT2D eigenvalue weighted by Gasteiger charge is 2.29. The first-order valence-corrected chi connectivity index (χ1v) is 4.55. The van der Waals surface area contributed by atoms with E-state index in [1.807, 2.05) is 0 Å². The molecule has 1 N–H and O–H groups in total. The van der Waals surface area contributed by atoms with E-state index in [-0.39, 0.29) is 0 Å². The molecule has 0 atom stereocenters. The van der Waals surface area contributed by atoms with Crippen molar-refractivity contribution in [2.45, 2.75) is 6.18 Å². The number of hydrogen-bond donors (Lipinski definition) is 1. The molecule has 0 radical (unpaired) electrons. The van der Waals surface area contributed by atoms with Crippen LogP contribution in [0.15, 0.2) is 12.1 Å². The largest absolute Gasteiger partial charge is 0.493 e. The summed E-state index contributed by atoms with van der Waals surface area (Å²) in [5.41, 5.74) is -0.505. The SMILES string of the molecule is COc1c(C(=O)O)ccc(OCC(F)(F)F)c1F. The fourth-order valence-electron chi connectivity index (χ4n) is 1.18. The van der Waals surface area contributed by atoms with Gasteiger partial charge in [0.15, 0.2) is 18.1 Å². The standard InChI is InChI=1S/C10H8F4O4/c1-17-8-5(9(15)16)2-3-6(7(8)11)18-4-10(12,13)14/h2-3H,4H2,1H3,(H,15,16). The van der Waals surface area contributed by atoms with Crippen molar-refractivity contribution in [3.05, 3.63) is 23.5 Å². The van der Waals surface area contributed by atoms with Gasteiger partial charge in [0.1, 0.15) is 5.56 Å². The van der Waals surface area contributed by atoms with Crippen LogP contribution in [-0.4, -0.2) is 31.0 Å². The molecule has 0 aliphatic carbocycles. The van der Waals surface area contributed by atoms with Gasteiger partial charge in [0, 0.05) is 0 Å². The van der Waals surface area contributed by atoms with Gasteiger partial charge < -0.3 is 14.6 Å². The van der Waals surface area contributed by atoms with E-state index in [0.29, 0.717) is 0 Å². The van der Waals surface area contributed by atoms with Crippen molar-refractivity contribution >= 4 is 5.97 Å². The zero-order valence-electron chi connectivity index (χ0n) is 9.05. The Kier molecular flexibility index (Phi) is 4.00. The number of methoxy groups -OCH3 is 1. The summed E-state index contributed by atoms with van der Waals surface area (Å²) in [5, 5.41) is 8.70. The van der Waals surface area contributed by atoms with Gasteiger partial charge in [0.2, 0.25) is 5.82 Å². The third-order valence-corrected chi connectivity index (χ3v) is 1.89. The maximum atomic E-state index is 13.6. The van der Waals surface area contributed by atoms with Gasteiger partial charge in [-0.1, -0.05) is 0 Å². The molecule has 1 rings (SSSR count). The van der Waals surface area contributed by atoms with Crippen LogP contribution in [0.4, 0.5) is 17.6 Å². The number of alkyl halides is 3. The summed E-state index contributed by atoms with van der Waals surface area (Å²) in [7, 11) is 0.998. The van der Waals surface area contributed by atoms with Crippen LogP contribution >= 0.6 is 0 Å². The molecule has 0 heterocycles. The van der Waals surface area contributed by atoms with E-state index in [2.05, 4.69) is 9.47 Å². The normalized spacial score (nSPS) is 11.2. The van der Waals surface area contributed by atoms with Crippen LogP contribution in [0.3, 0.4) is 0 Å². The Morgan fingerprint density at radius 1 is 1.39 bits per heavy atom. The van der Waals surface area contributed by atoms with Gasteiger partial charge in [-0.25, -0.2) is 4.79 Å². The Balaban J connectivity index is 3.06. The van der Waals surface area contributed by atoms with E-state index in [4.69, 9.17) is 5.11 Å². The van der Waals surface area contributed by atoms with E-state index in [1.165, 1.54) is 0 Å². The van der Waals surface area contributed by atoms with Crippen molar-refractivity contribution in [1.29, 1.82) is 0 Å². The van der Waals surface area contributed by atoms with E-state index >= 15 is 0 Å². The maximum Gasteiger partial charge on any atom is 0.422 e. The smallest absolute Gasteiger partial charge is 0.422 e. The summed E-state index contributed by atoms with van der Waals surface area (Å²) in [5.74, 6) is -4.16. The van der Waals surface area contributed by atoms with Crippen molar-refractivity contribution in [1.82, 2.24) is 0 Å². The molecule has 0 aliphatic heterocycles. The van der Waals surface area contributed by atoms with E-state index in [0.717, 1.165) is 19.2 Å². The van der Waals surface area contributed by atoms with Crippen LogP contribution in [0.2, 0.25) is 0 Å². The second kappa shape index (κ2) is 5.11. The molecular weight excluding hydrogens is 260 g/mol. The average molecular weight is 268 g/mol. The fraction of sp³-hybridized carbons (Fsp3) is 0.300. The first kappa shape index (κ1) is 14.1. The van der Waals surface area contributed by atoms with Gasteiger partial charge in [0.05, 0.1) is 7.11 Å². The molecule has 4 nitrogen and oxygen atoms in total. The molecule has 100 valence electrons. The fourth-order valence-corrected chi connectivity index (χ4v) is 1.18. The minimum Gasteiger partial charge on any atom is -0.493 e. The Morgan fingerprint density at radius 3 is 2.44 bits per heavy atom. The molecule has 0 bridgehead atoms. The highest BCUT2D eigenvalue weighted by molar-refractivity contribution is 5.91. The Bertz CT molecular complexity index is 456. The predicted octanol–water partition coefficient (Wildman–Crippen LogP) is 2.47. The Hall–Kier alpha value is -1.99. The van der Waals surface area contributed by atoms with Crippen LogP contribution in [0, 0.1) is 5.82 Å². The lowest BCUT2D eigenvalue weighted by atomic mass is 10.2.